The Morgan fingerprint density at radius 2 is 1.84 bits per heavy atom. The maximum Gasteiger partial charge on any atom is 0.355 e. The third-order valence-corrected chi connectivity index (χ3v) is 6.49. The number of fused-ring (bicyclic) bond motifs is 5. The van der Waals surface area contributed by atoms with Crippen LogP contribution in [0.5, 0.6) is 5.75 Å². The van der Waals surface area contributed by atoms with Crippen LogP contribution < -0.4 is 10.3 Å². The maximum absolute atomic E-state index is 13.5. The number of esters is 3. The highest BCUT2D eigenvalue weighted by molar-refractivity contribution is 5.89. The molecule has 0 aliphatic carbocycles. The van der Waals surface area contributed by atoms with Crippen molar-refractivity contribution in [2.24, 2.45) is 0 Å². The van der Waals surface area contributed by atoms with E-state index in [1.165, 1.54) is 14.2 Å². The molecule has 2 aromatic heterocycles. The lowest BCUT2D eigenvalue weighted by Crippen LogP contribution is -2.48. The van der Waals surface area contributed by atoms with Gasteiger partial charge in [-0.05, 0) is 36.8 Å². The van der Waals surface area contributed by atoms with Crippen LogP contribution in [0.15, 0.2) is 35.1 Å². The van der Waals surface area contributed by atoms with E-state index in [0.717, 1.165) is 10.9 Å². The van der Waals surface area contributed by atoms with Gasteiger partial charge in [-0.25, -0.2) is 19.4 Å². The second-order valence-corrected chi connectivity index (χ2v) is 8.73. The number of hydrogen-bond donors (Lipinski definition) is 0. The van der Waals surface area contributed by atoms with Gasteiger partial charge in [-0.15, -0.1) is 0 Å². The Morgan fingerprint density at radius 1 is 1.08 bits per heavy atom. The van der Waals surface area contributed by atoms with Crippen LogP contribution >= 0.6 is 0 Å². The Hall–Kier alpha value is -4.09. The average molecular weight is 508 g/mol. The number of ether oxygens (including phenoxy) is 5. The zero-order valence-corrected chi connectivity index (χ0v) is 20.5. The van der Waals surface area contributed by atoms with Gasteiger partial charge in [-0.2, -0.15) is 0 Å². The van der Waals surface area contributed by atoms with Crippen molar-refractivity contribution in [1.29, 1.82) is 0 Å². The van der Waals surface area contributed by atoms with Crippen molar-refractivity contribution in [3.05, 3.63) is 57.4 Å². The summed E-state index contributed by atoms with van der Waals surface area (Å²) < 4.78 is 27.4. The fraction of sp³-hybridized carbons (Fsp3) is 0.346. The molecule has 0 bridgehead atoms. The lowest BCUT2D eigenvalue weighted by atomic mass is 9.85. The summed E-state index contributed by atoms with van der Waals surface area (Å²) in [6.07, 6.45) is 0.0692. The molecule has 11 nitrogen and oxygen atoms in total. The number of hydrogen-bond acceptors (Lipinski definition) is 10. The van der Waals surface area contributed by atoms with Gasteiger partial charge in [0.05, 0.1) is 29.0 Å². The monoisotopic (exact) mass is 508 g/mol. The summed E-state index contributed by atoms with van der Waals surface area (Å²) in [6, 6.07) is 8.59. The summed E-state index contributed by atoms with van der Waals surface area (Å²) in [7, 11) is 2.74. The Balaban J connectivity index is 1.61. The van der Waals surface area contributed by atoms with E-state index in [1.807, 2.05) is 6.07 Å². The van der Waals surface area contributed by atoms with Gasteiger partial charge < -0.3 is 28.3 Å². The molecule has 1 atom stereocenters. The van der Waals surface area contributed by atoms with Crippen molar-refractivity contribution in [3.8, 4) is 17.1 Å². The van der Waals surface area contributed by atoms with Crippen molar-refractivity contribution < 1.29 is 38.1 Å². The molecule has 0 N–H and O–H groups in total. The van der Waals surface area contributed by atoms with Crippen molar-refractivity contribution in [3.63, 3.8) is 0 Å². The molecular formula is C26H24N2O9. The topological polar surface area (TPSA) is 132 Å². The molecule has 2 aliphatic heterocycles. The largest absolute Gasteiger partial charge is 0.457 e. The van der Waals surface area contributed by atoms with Gasteiger partial charge in [-0.1, -0.05) is 6.92 Å². The first kappa shape index (κ1) is 24.6. The highest BCUT2D eigenvalue weighted by Crippen LogP contribution is 2.41. The molecule has 0 saturated heterocycles. The third kappa shape index (κ3) is 4.05. The van der Waals surface area contributed by atoms with E-state index in [4.69, 9.17) is 28.7 Å². The first-order valence-electron chi connectivity index (χ1n) is 11.6. The van der Waals surface area contributed by atoms with Crippen LogP contribution in [0, 0.1) is 0 Å². The summed E-state index contributed by atoms with van der Waals surface area (Å²) in [6.45, 7) is 1.18. The fourth-order valence-corrected chi connectivity index (χ4v) is 4.80. The first-order valence-corrected chi connectivity index (χ1v) is 11.6. The predicted octanol–water partition coefficient (Wildman–Crippen LogP) is 1.83. The van der Waals surface area contributed by atoms with Gasteiger partial charge in [0, 0.05) is 30.7 Å². The number of aromatic nitrogens is 2. The Labute approximate surface area is 210 Å². The number of carbonyl (C=O) groups excluding carboxylic acids is 3. The Bertz CT molecular complexity index is 1510. The first-order chi connectivity index (χ1) is 17.8. The van der Waals surface area contributed by atoms with Crippen LogP contribution in [0.3, 0.4) is 0 Å². The van der Waals surface area contributed by atoms with E-state index in [1.54, 1.807) is 35.8 Å². The zero-order valence-electron chi connectivity index (χ0n) is 20.5. The van der Waals surface area contributed by atoms with Gasteiger partial charge >= 0.3 is 17.9 Å². The molecule has 192 valence electrons. The van der Waals surface area contributed by atoms with Gasteiger partial charge in [0.15, 0.2) is 0 Å². The van der Waals surface area contributed by atoms with Crippen molar-refractivity contribution in [2.45, 2.75) is 32.1 Å². The minimum Gasteiger partial charge on any atom is -0.457 e. The fourth-order valence-electron chi connectivity index (χ4n) is 4.80. The number of carbonyl (C=O) groups is 3. The molecule has 2 aliphatic rings. The minimum atomic E-state index is -1.77. The van der Waals surface area contributed by atoms with Crippen LogP contribution in [-0.2, 0) is 52.1 Å². The number of nitrogens with zero attached hydrogens (tertiary/aromatic N) is 2. The lowest BCUT2D eigenvalue weighted by molar-refractivity contribution is -0.191. The third-order valence-electron chi connectivity index (χ3n) is 6.49. The van der Waals surface area contributed by atoms with Crippen molar-refractivity contribution >= 4 is 28.8 Å². The summed E-state index contributed by atoms with van der Waals surface area (Å²) in [4.78, 5) is 55.3. The SMILES string of the molecule is CC[C@@]1(OC(=O)COC)C(=O)OCc2c1cc1n(c2=O)Cc2cc3cc(OC(=O)COC)ccc3nc2-1. The number of rotatable bonds is 7. The molecule has 37 heavy (non-hydrogen) atoms. The van der Waals surface area contributed by atoms with Crippen LogP contribution in [0.1, 0.15) is 30.0 Å². The molecule has 0 unspecified atom stereocenters. The molecule has 0 saturated carbocycles. The molecule has 0 radical (unpaired) electrons. The predicted molar refractivity (Wildman–Crippen MR) is 128 cm³/mol. The molecule has 0 spiro atoms. The van der Waals surface area contributed by atoms with E-state index in [9.17, 15) is 19.2 Å². The summed E-state index contributed by atoms with van der Waals surface area (Å²) in [5.74, 6) is -1.67. The summed E-state index contributed by atoms with van der Waals surface area (Å²) in [5, 5.41) is 0.724. The zero-order chi connectivity index (χ0) is 26.3. The smallest absolute Gasteiger partial charge is 0.355 e. The number of benzene rings is 1. The summed E-state index contributed by atoms with van der Waals surface area (Å²) in [5.41, 5.74) is 0.905. The normalized spacial score (nSPS) is 17.5. The van der Waals surface area contributed by atoms with E-state index < -0.39 is 23.5 Å². The van der Waals surface area contributed by atoms with Crippen LogP contribution in [0.2, 0.25) is 0 Å². The standard InChI is InChI=1S/C26H24N2O9/c1-4-26(37-22(30)13-34-3)18-9-20-23-15(10-28(20)24(31)17(18)11-35-25(26)32)7-14-8-16(5-6-19(14)27-23)36-21(29)12-33-2/h5-9H,4,10-13H2,1-3H3/t26-/m0/s1. The molecular weight excluding hydrogens is 484 g/mol. The Morgan fingerprint density at radius 3 is 2.57 bits per heavy atom. The lowest BCUT2D eigenvalue weighted by Gasteiger charge is -2.35. The molecule has 4 heterocycles. The van der Waals surface area contributed by atoms with Crippen LogP contribution in [0.4, 0.5) is 0 Å². The second kappa shape index (κ2) is 9.41. The van der Waals surface area contributed by atoms with E-state index >= 15 is 0 Å². The van der Waals surface area contributed by atoms with Crippen molar-refractivity contribution in [2.75, 3.05) is 27.4 Å². The average Bonchev–Trinajstić information content (AvgIpc) is 3.22. The van der Waals surface area contributed by atoms with E-state index in [-0.39, 0.29) is 43.9 Å². The number of cyclic esters (lactones) is 1. The molecule has 5 rings (SSSR count). The highest BCUT2D eigenvalue weighted by atomic mass is 16.6. The van der Waals surface area contributed by atoms with Crippen LogP contribution in [-0.4, -0.2) is 54.9 Å². The molecule has 3 aromatic rings. The van der Waals surface area contributed by atoms with Crippen LogP contribution in [0.25, 0.3) is 22.3 Å². The minimum absolute atomic E-state index is 0.0692. The Kier molecular flexibility index (Phi) is 6.26. The summed E-state index contributed by atoms with van der Waals surface area (Å²) >= 11 is 0. The molecule has 0 amide bonds. The van der Waals surface area contributed by atoms with Crippen molar-refractivity contribution in [1.82, 2.24) is 9.55 Å². The number of methoxy groups -OCH3 is 2. The van der Waals surface area contributed by atoms with Gasteiger partial charge in [0.2, 0.25) is 5.60 Å². The second-order valence-electron chi connectivity index (χ2n) is 8.73. The molecule has 1 aromatic carbocycles. The molecule has 11 heteroatoms. The van der Waals surface area contributed by atoms with Gasteiger partial charge in [0.25, 0.3) is 5.56 Å². The number of pyridine rings is 2. The maximum atomic E-state index is 13.5. The van der Waals surface area contributed by atoms with Gasteiger partial charge in [0.1, 0.15) is 25.6 Å². The van der Waals surface area contributed by atoms with E-state index in [0.29, 0.717) is 28.2 Å². The van der Waals surface area contributed by atoms with Gasteiger partial charge in [-0.3, -0.25) is 4.79 Å². The van der Waals surface area contributed by atoms with E-state index in [2.05, 4.69) is 0 Å². The highest BCUT2D eigenvalue weighted by Gasteiger charge is 2.50. The molecule has 0 fully saturated rings. The quantitative estimate of drug-likeness (QED) is 0.269.